The number of carbonyl (C=O) groups excluding carboxylic acids is 1. The second-order valence-electron chi connectivity index (χ2n) is 4.77. The standard InChI is InChI=1S/C14H11N5O6/c15-10-3-8(4-12(6-10)19(24)25)14(21)17-16-7-9-5-11(18(22)23)1-2-13(9)20/h1-7,20H,15H2,(H,17,21). The first kappa shape index (κ1) is 17.3. The lowest BCUT2D eigenvalue weighted by Crippen LogP contribution is -2.18. The number of rotatable bonds is 5. The number of aromatic hydroxyl groups is 1. The van der Waals surface area contributed by atoms with Crippen molar-refractivity contribution in [1.29, 1.82) is 0 Å². The lowest BCUT2D eigenvalue weighted by Gasteiger charge is -2.02. The summed E-state index contributed by atoms with van der Waals surface area (Å²) >= 11 is 0. The van der Waals surface area contributed by atoms with Crippen molar-refractivity contribution in [3.8, 4) is 5.75 Å². The zero-order chi connectivity index (χ0) is 18.6. The maximum atomic E-state index is 11.9. The molecule has 11 heteroatoms. The molecule has 4 N–H and O–H groups in total. The third-order valence-corrected chi connectivity index (χ3v) is 3.00. The number of nitrogens with two attached hydrogens (primary N) is 1. The van der Waals surface area contributed by atoms with Gasteiger partial charge in [0.15, 0.2) is 0 Å². The van der Waals surface area contributed by atoms with E-state index in [0.29, 0.717) is 0 Å². The van der Waals surface area contributed by atoms with E-state index in [1.165, 1.54) is 6.07 Å². The minimum absolute atomic E-state index is 0.00746. The van der Waals surface area contributed by atoms with E-state index in [1.54, 1.807) is 0 Å². The molecule has 0 heterocycles. The number of hydrogen-bond acceptors (Lipinski definition) is 8. The molecule has 2 aromatic rings. The summed E-state index contributed by atoms with van der Waals surface area (Å²) in [5, 5.41) is 34.6. The molecule has 0 spiro atoms. The van der Waals surface area contributed by atoms with Crippen LogP contribution in [0.5, 0.6) is 5.75 Å². The van der Waals surface area contributed by atoms with Gasteiger partial charge in [0, 0.05) is 35.5 Å². The van der Waals surface area contributed by atoms with Crippen LogP contribution in [0.3, 0.4) is 0 Å². The number of phenols is 1. The Hall–Kier alpha value is -4.02. The van der Waals surface area contributed by atoms with Crippen LogP contribution in [0.25, 0.3) is 0 Å². The second-order valence-corrected chi connectivity index (χ2v) is 4.77. The highest BCUT2D eigenvalue weighted by Crippen LogP contribution is 2.21. The second kappa shape index (κ2) is 7.04. The first-order valence-electron chi connectivity index (χ1n) is 6.63. The Morgan fingerprint density at radius 3 is 2.44 bits per heavy atom. The molecule has 2 rings (SSSR count). The molecule has 1 amide bonds. The van der Waals surface area contributed by atoms with Crippen molar-refractivity contribution < 1.29 is 19.7 Å². The van der Waals surface area contributed by atoms with Gasteiger partial charge < -0.3 is 10.8 Å². The largest absolute Gasteiger partial charge is 0.507 e. The smallest absolute Gasteiger partial charge is 0.272 e. The molecule has 2 aromatic carbocycles. The van der Waals surface area contributed by atoms with Crippen molar-refractivity contribution in [3.05, 3.63) is 67.8 Å². The van der Waals surface area contributed by atoms with Crippen LogP contribution in [-0.2, 0) is 0 Å². The highest BCUT2D eigenvalue weighted by atomic mass is 16.6. The Balaban J connectivity index is 2.17. The molecule has 0 aliphatic rings. The molecule has 0 saturated carbocycles. The number of nitrogens with one attached hydrogen (secondary N) is 1. The van der Waals surface area contributed by atoms with Crippen molar-refractivity contribution in [2.45, 2.75) is 0 Å². The predicted octanol–water partition coefficient (Wildman–Crippen LogP) is 1.55. The number of nitrogens with zero attached hydrogens (tertiary/aromatic N) is 3. The number of anilines is 1. The quantitative estimate of drug-likeness (QED) is 0.319. The summed E-state index contributed by atoms with van der Waals surface area (Å²) in [6.45, 7) is 0. The van der Waals surface area contributed by atoms with Crippen molar-refractivity contribution in [3.63, 3.8) is 0 Å². The van der Waals surface area contributed by atoms with E-state index in [4.69, 9.17) is 5.73 Å². The van der Waals surface area contributed by atoms with E-state index >= 15 is 0 Å². The highest BCUT2D eigenvalue weighted by Gasteiger charge is 2.13. The van der Waals surface area contributed by atoms with E-state index < -0.39 is 15.8 Å². The van der Waals surface area contributed by atoms with Gasteiger partial charge in [-0.25, -0.2) is 5.43 Å². The molecule has 25 heavy (non-hydrogen) atoms. The summed E-state index contributed by atoms with van der Waals surface area (Å²) in [7, 11) is 0. The van der Waals surface area contributed by atoms with Gasteiger partial charge in [0.2, 0.25) is 0 Å². The molecule has 0 radical (unpaired) electrons. The van der Waals surface area contributed by atoms with Crippen LogP contribution in [-0.4, -0.2) is 27.1 Å². The summed E-state index contributed by atoms with van der Waals surface area (Å²) in [6, 6.07) is 6.63. The summed E-state index contributed by atoms with van der Waals surface area (Å²) < 4.78 is 0. The molecule has 0 saturated heterocycles. The highest BCUT2D eigenvalue weighted by molar-refractivity contribution is 5.96. The van der Waals surface area contributed by atoms with Crippen molar-refractivity contribution in [2.24, 2.45) is 5.10 Å². The topological polar surface area (TPSA) is 174 Å². The molecule has 0 unspecified atom stereocenters. The minimum Gasteiger partial charge on any atom is -0.507 e. The van der Waals surface area contributed by atoms with Crippen molar-refractivity contribution in [1.82, 2.24) is 5.43 Å². The fourth-order valence-corrected chi connectivity index (χ4v) is 1.86. The first-order valence-corrected chi connectivity index (χ1v) is 6.63. The maximum absolute atomic E-state index is 11.9. The molecule has 0 fully saturated rings. The van der Waals surface area contributed by atoms with E-state index in [9.17, 15) is 30.1 Å². The Bertz CT molecular complexity index is 895. The third kappa shape index (κ3) is 4.25. The molecule has 0 aliphatic heterocycles. The zero-order valence-corrected chi connectivity index (χ0v) is 12.4. The lowest BCUT2D eigenvalue weighted by molar-refractivity contribution is -0.385. The first-order chi connectivity index (χ1) is 11.8. The van der Waals surface area contributed by atoms with Crippen LogP contribution in [0.4, 0.5) is 17.1 Å². The normalized spacial score (nSPS) is 10.6. The van der Waals surface area contributed by atoms with E-state index in [2.05, 4.69) is 10.5 Å². The maximum Gasteiger partial charge on any atom is 0.272 e. The zero-order valence-electron chi connectivity index (χ0n) is 12.4. The molecule has 0 atom stereocenters. The van der Waals surface area contributed by atoms with Crippen molar-refractivity contribution >= 4 is 29.2 Å². The fourth-order valence-electron chi connectivity index (χ4n) is 1.86. The van der Waals surface area contributed by atoms with Gasteiger partial charge in [-0.3, -0.25) is 25.0 Å². The van der Waals surface area contributed by atoms with Crippen LogP contribution < -0.4 is 11.2 Å². The van der Waals surface area contributed by atoms with Gasteiger partial charge in [0.1, 0.15) is 5.75 Å². The molecule has 11 nitrogen and oxygen atoms in total. The van der Waals surface area contributed by atoms with Gasteiger partial charge in [-0.2, -0.15) is 5.10 Å². The van der Waals surface area contributed by atoms with Crippen molar-refractivity contribution in [2.75, 3.05) is 5.73 Å². The lowest BCUT2D eigenvalue weighted by atomic mass is 10.1. The number of nitro benzene ring substituents is 2. The molecule has 0 aromatic heterocycles. The molecular formula is C14H11N5O6. The van der Waals surface area contributed by atoms with Gasteiger partial charge in [0.25, 0.3) is 17.3 Å². The Morgan fingerprint density at radius 1 is 1.12 bits per heavy atom. The van der Waals surface area contributed by atoms with Gasteiger partial charge in [-0.05, 0) is 12.1 Å². The number of nitrogen functional groups attached to an aromatic ring is 1. The predicted molar refractivity (Wildman–Crippen MR) is 87.3 cm³/mol. The number of non-ortho nitro benzene ring substituents is 2. The number of nitro groups is 2. The number of hydrogen-bond donors (Lipinski definition) is 3. The van der Waals surface area contributed by atoms with Crippen LogP contribution in [0.2, 0.25) is 0 Å². The Morgan fingerprint density at radius 2 is 1.80 bits per heavy atom. The average molecular weight is 345 g/mol. The van der Waals surface area contributed by atoms with Crippen LogP contribution in [0.1, 0.15) is 15.9 Å². The van der Waals surface area contributed by atoms with E-state index in [-0.39, 0.29) is 33.9 Å². The van der Waals surface area contributed by atoms with Crippen LogP contribution in [0.15, 0.2) is 41.5 Å². The van der Waals surface area contributed by atoms with E-state index in [1.807, 2.05) is 0 Å². The molecular weight excluding hydrogens is 334 g/mol. The minimum atomic E-state index is -0.781. The number of amides is 1. The molecule has 0 bridgehead atoms. The fraction of sp³-hybridized carbons (Fsp3) is 0. The Kier molecular flexibility index (Phi) is 4.88. The summed E-state index contributed by atoms with van der Waals surface area (Å²) in [6.07, 6.45) is 1.00. The SMILES string of the molecule is Nc1cc(C(=O)NN=Cc2cc([N+](=O)[O-])ccc2O)cc([N+](=O)[O-])c1. The van der Waals surface area contributed by atoms with Gasteiger partial charge >= 0.3 is 0 Å². The molecule has 128 valence electrons. The summed E-state index contributed by atoms with van der Waals surface area (Å²) in [5.41, 5.74) is 6.91. The Labute approximate surface area is 139 Å². The monoisotopic (exact) mass is 345 g/mol. The number of hydrazone groups is 1. The number of benzene rings is 2. The van der Waals surface area contributed by atoms with Gasteiger partial charge in [-0.15, -0.1) is 0 Å². The summed E-state index contributed by atoms with van der Waals surface area (Å²) in [4.78, 5) is 32.1. The van der Waals surface area contributed by atoms with Gasteiger partial charge in [-0.1, -0.05) is 0 Å². The van der Waals surface area contributed by atoms with E-state index in [0.717, 1.165) is 36.5 Å². The average Bonchev–Trinajstić information content (AvgIpc) is 2.55. The number of carbonyl (C=O) groups is 1. The van der Waals surface area contributed by atoms with Crippen LogP contribution in [0, 0.1) is 20.2 Å². The third-order valence-electron chi connectivity index (χ3n) is 3.00. The van der Waals surface area contributed by atoms with Crippen LogP contribution >= 0.6 is 0 Å². The summed E-state index contributed by atoms with van der Waals surface area (Å²) in [5.74, 6) is -1.06. The molecule has 0 aliphatic carbocycles. The number of phenolic OH excluding ortho intramolecular Hbond substituents is 1. The van der Waals surface area contributed by atoms with Gasteiger partial charge in [0.05, 0.1) is 21.6 Å².